The number of hydrogen-bond acceptors (Lipinski definition) is 7. The number of carbonyl (C=O) groups is 1. The van der Waals surface area contributed by atoms with E-state index in [4.69, 9.17) is 31.2 Å². The molecule has 2 aliphatic heterocycles. The molecule has 2 aromatic carbocycles. The Morgan fingerprint density at radius 2 is 1.88 bits per heavy atom. The molecule has 1 amide bonds. The van der Waals surface area contributed by atoms with Gasteiger partial charge in [0.1, 0.15) is 12.4 Å². The molecule has 1 saturated heterocycles. The van der Waals surface area contributed by atoms with Gasteiger partial charge in [0, 0.05) is 42.1 Å². The highest BCUT2D eigenvalue weighted by Gasteiger charge is 2.42. The van der Waals surface area contributed by atoms with Crippen molar-refractivity contribution < 1.29 is 23.7 Å². The number of rotatable bonds is 8. The third-order valence-electron chi connectivity index (χ3n) is 7.51. The molecule has 11 heteroatoms. The van der Waals surface area contributed by atoms with Crippen molar-refractivity contribution in [2.75, 3.05) is 37.8 Å². The van der Waals surface area contributed by atoms with Gasteiger partial charge in [-0.1, -0.05) is 6.07 Å². The van der Waals surface area contributed by atoms with E-state index < -0.39 is 0 Å². The van der Waals surface area contributed by atoms with Crippen molar-refractivity contribution in [3.05, 3.63) is 89.5 Å². The minimum absolute atomic E-state index is 0.0761. The molecule has 2 aromatic heterocycles. The van der Waals surface area contributed by atoms with Gasteiger partial charge in [0.05, 0.1) is 30.6 Å². The maximum absolute atomic E-state index is 12.4. The van der Waals surface area contributed by atoms with Crippen LogP contribution in [-0.2, 0) is 9.53 Å². The number of hydrogen-bond donors (Lipinski definition) is 2. The number of benzene rings is 2. The fourth-order valence-corrected chi connectivity index (χ4v) is 6.06. The number of nitrogens with one attached hydrogen (secondary N) is 2. The summed E-state index contributed by atoms with van der Waals surface area (Å²) in [5.74, 6) is 1.70. The zero-order valence-electron chi connectivity index (χ0n) is 23.7. The van der Waals surface area contributed by atoms with Crippen LogP contribution in [0, 0.1) is 13.8 Å². The number of fused-ring (bicyclic) bond motifs is 1. The number of aryl methyl sites for hydroxylation is 1. The molecule has 0 radical (unpaired) electrons. The van der Waals surface area contributed by atoms with Gasteiger partial charge in [0.2, 0.25) is 12.7 Å². The van der Waals surface area contributed by atoms with Crippen LogP contribution in [0.5, 0.6) is 17.2 Å². The highest BCUT2D eigenvalue weighted by Crippen LogP contribution is 2.45. The van der Waals surface area contributed by atoms with Crippen molar-refractivity contribution in [2.24, 2.45) is 0 Å². The Morgan fingerprint density at radius 3 is 2.64 bits per heavy atom. The molecule has 2 aliphatic rings. The summed E-state index contributed by atoms with van der Waals surface area (Å²) < 4.78 is 23.9. The highest BCUT2D eigenvalue weighted by molar-refractivity contribution is 7.80. The molecule has 1 fully saturated rings. The van der Waals surface area contributed by atoms with Gasteiger partial charge in [-0.15, -0.1) is 0 Å². The Hall–Kier alpha value is -4.61. The van der Waals surface area contributed by atoms with Crippen LogP contribution in [0.4, 0.5) is 11.4 Å². The van der Waals surface area contributed by atoms with E-state index in [9.17, 15) is 4.79 Å². The number of pyridine rings is 1. The summed E-state index contributed by atoms with van der Waals surface area (Å²) in [7, 11) is 3.04. The molecule has 216 valence electrons. The predicted molar refractivity (Wildman–Crippen MR) is 163 cm³/mol. The number of methoxy groups -OCH3 is 2. The molecule has 2 N–H and O–H groups in total. The van der Waals surface area contributed by atoms with Crippen LogP contribution in [0.3, 0.4) is 0 Å². The third kappa shape index (κ3) is 4.90. The molecule has 0 saturated carbocycles. The van der Waals surface area contributed by atoms with Gasteiger partial charge in [0.15, 0.2) is 16.6 Å². The van der Waals surface area contributed by atoms with E-state index in [0.29, 0.717) is 16.5 Å². The molecular formula is C31H31N5O5S. The van der Waals surface area contributed by atoms with E-state index in [2.05, 4.69) is 45.0 Å². The molecule has 2 atom stereocenters. The summed E-state index contributed by atoms with van der Waals surface area (Å²) in [6.45, 7) is 4.33. The predicted octanol–water partition coefficient (Wildman–Crippen LogP) is 4.99. The Bertz CT molecular complexity index is 1660. The summed E-state index contributed by atoms with van der Waals surface area (Å²) in [6, 6.07) is 19.1. The van der Waals surface area contributed by atoms with Crippen LogP contribution in [-0.4, -0.2) is 48.2 Å². The van der Waals surface area contributed by atoms with Crippen LogP contribution in [0.15, 0.2) is 66.9 Å². The van der Waals surface area contributed by atoms with Gasteiger partial charge in [-0.3, -0.25) is 9.78 Å². The maximum Gasteiger partial charge on any atom is 0.250 e. The van der Waals surface area contributed by atoms with E-state index in [1.807, 2.05) is 54.6 Å². The lowest BCUT2D eigenvalue weighted by atomic mass is 9.96. The molecule has 0 aliphatic carbocycles. The first kappa shape index (κ1) is 27.6. The molecule has 6 rings (SSSR count). The second kappa shape index (κ2) is 11.3. The van der Waals surface area contributed by atoms with Crippen molar-refractivity contribution in [1.29, 1.82) is 0 Å². The summed E-state index contributed by atoms with van der Waals surface area (Å²) in [4.78, 5) is 19.2. The van der Waals surface area contributed by atoms with E-state index in [1.54, 1.807) is 13.3 Å². The van der Waals surface area contributed by atoms with Crippen molar-refractivity contribution in [2.45, 2.75) is 25.9 Å². The Balaban J connectivity index is 1.47. The monoisotopic (exact) mass is 585 g/mol. The van der Waals surface area contributed by atoms with Gasteiger partial charge in [-0.25, -0.2) is 0 Å². The van der Waals surface area contributed by atoms with Crippen molar-refractivity contribution in [3.63, 3.8) is 0 Å². The number of carbonyl (C=O) groups excluding carboxylic acids is 1. The number of ether oxygens (including phenoxy) is 4. The number of nitrogens with zero attached hydrogens (tertiary/aromatic N) is 3. The van der Waals surface area contributed by atoms with E-state index >= 15 is 0 Å². The Morgan fingerprint density at radius 1 is 1.07 bits per heavy atom. The zero-order valence-corrected chi connectivity index (χ0v) is 24.5. The number of aromatic nitrogens is 2. The van der Waals surface area contributed by atoms with Crippen molar-refractivity contribution >= 4 is 34.6 Å². The average Bonchev–Trinajstić information content (AvgIpc) is 3.68. The standard InChI is InChI=1S/C31H31N5O5S/c1-18-13-22(19(2)35(18)21-9-11-26-27(15-21)41-17-40-26)30-29(23-7-5-6-12-32-23)34-31(42)36(30)20-8-10-25(39-4)24(14-20)33-28(37)16-38-3/h5-15,29-30H,16-17H2,1-4H3,(H,33,37)(H,34,42)/t29-,30+/m0/s1. The largest absolute Gasteiger partial charge is 0.495 e. The molecule has 0 bridgehead atoms. The van der Waals surface area contributed by atoms with Gasteiger partial charge >= 0.3 is 0 Å². The molecule has 10 nitrogen and oxygen atoms in total. The topological polar surface area (TPSA) is 99.1 Å². The van der Waals surface area contributed by atoms with Crippen LogP contribution in [0.25, 0.3) is 5.69 Å². The van der Waals surface area contributed by atoms with Crippen LogP contribution >= 0.6 is 12.2 Å². The smallest absolute Gasteiger partial charge is 0.250 e. The minimum atomic E-state index is -0.287. The fraction of sp³-hybridized carbons (Fsp3) is 0.258. The molecular weight excluding hydrogens is 554 g/mol. The lowest BCUT2D eigenvalue weighted by molar-refractivity contribution is -0.119. The quantitative estimate of drug-likeness (QED) is 0.277. The maximum atomic E-state index is 12.4. The lowest BCUT2D eigenvalue weighted by Crippen LogP contribution is -2.29. The second-order valence-corrected chi connectivity index (χ2v) is 10.4. The van der Waals surface area contributed by atoms with Gasteiger partial charge in [-0.2, -0.15) is 0 Å². The molecule has 0 spiro atoms. The Kier molecular flexibility index (Phi) is 7.44. The number of thiocarbonyl (C=S) groups is 1. The van der Waals surface area contributed by atoms with E-state index in [1.165, 1.54) is 7.11 Å². The molecule has 0 unspecified atom stereocenters. The fourth-order valence-electron chi connectivity index (χ4n) is 5.72. The van der Waals surface area contributed by atoms with Crippen LogP contribution in [0.2, 0.25) is 0 Å². The minimum Gasteiger partial charge on any atom is -0.495 e. The highest BCUT2D eigenvalue weighted by atomic mass is 32.1. The second-order valence-electron chi connectivity index (χ2n) is 10.1. The molecule has 42 heavy (non-hydrogen) atoms. The summed E-state index contributed by atoms with van der Waals surface area (Å²) in [6.07, 6.45) is 1.78. The van der Waals surface area contributed by atoms with Crippen LogP contribution < -0.4 is 29.7 Å². The zero-order chi connectivity index (χ0) is 29.4. The van der Waals surface area contributed by atoms with Gasteiger partial charge in [0.25, 0.3) is 0 Å². The summed E-state index contributed by atoms with van der Waals surface area (Å²) in [5, 5.41) is 6.95. The molecule has 4 aromatic rings. The lowest BCUT2D eigenvalue weighted by Gasteiger charge is -2.29. The first-order chi connectivity index (χ1) is 20.4. The molecule has 4 heterocycles. The summed E-state index contributed by atoms with van der Waals surface area (Å²) in [5.41, 5.74) is 6.33. The van der Waals surface area contributed by atoms with Gasteiger partial charge in [-0.05, 0) is 80.2 Å². The summed E-state index contributed by atoms with van der Waals surface area (Å²) >= 11 is 5.95. The van der Waals surface area contributed by atoms with Gasteiger partial charge < -0.3 is 39.0 Å². The first-order valence-corrected chi connectivity index (χ1v) is 13.9. The first-order valence-electron chi connectivity index (χ1n) is 13.5. The number of anilines is 2. The van der Waals surface area contributed by atoms with Crippen molar-refractivity contribution in [1.82, 2.24) is 14.9 Å². The van der Waals surface area contributed by atoms with E-state index in [-0.39, 0.29) is 31.4 Å². The SMILES string of the molecule is COCC(=O)Nc1cc(N2C(=S)N[C@@H](c3ccccn3)[C@H]2c2cc(C)n(-c3ccc4c(c3)OCO4)c2C)ccc1OC. The third-order valence-corrected chi connectivity index (χ3v) is 7.83. The average molecular weight is 586 g/mol. The van der Waals surface area contributed by atoms with Crippen LogP contribution in [0.1, 0.15) is 34.7 Å². The normalized spacial score (nSPS) is 17.3. The number of amides is 1. The Labute approximate surface area is 249 Å². The van der Waals surface area contributed by atoms with E-state index in [0.717, 1.165) is 45.5 Å². The van der Waals surface area contributed by atoms with Crippen molar-refractivity contribution in [3.8, 4) is 22.9 Å².